The van der Waals surface area contributed by atoms with Crippen LogP contribution in [0.1, 0.15) is 25.7 Å². The highest BCUT2D eigenvalue weighted by molar-refractivity contribution is 7.99. The van der Waals surface area contributed by atoms with Crippen LogP contribution in [0.5, 0.6) is 0 Å². The molecule has 22 heavy (non-hydrogen) atoms. The summed E-state index contributed by atoms with van der Waals surface area (Å²) in [5.74, 6) is 0.324. The molecule has 0 spiro atoms. The number of anilines is 1. The number of benzene rings is 1. The summed E-state index contributed by atoms with van der Waals surface area (Å²) in [7, 11) is 0. The first kappa shape index (κ1) is 14.8. The quantitative estimate of drug-likeness (QED) is 0.512. The summed E-state index contributed by atoms with van der Waals surface area (Å²) < 4.78 is 0. The van der Waals surface area contributed by atoms with Crippen LogP contribution >= 0.6 is 11.8 Å². The molecule has 114 valence electrons. The summed E-state index contributed by atoms with van der Waals surface area (Å²) in [6, 6.07) is 9.77. The zero-order valence-corrected chi connectivity index (χ0v) is 12.8. The van der Waals surface area contributed by atoms with Gasteiger partial charge in [0.15, 0.2) is 5.03 Å². The predicted molar refractivity (Wildman–Crippen MR) is 85.1 cm³/mol. The second kappa shape index (κ2) is 6.74. The predicted octanol–water partition coefficient (Wildman–Crippen LogP) is 3.89. The third-order valence-electron chi connectivity index (χ3n) is 3.63. The number of hydrogen-bond acceptors (Lipinski definition) is 6. The fourth-order valence-corrected chi connectivity index (χ4v) is 3.46. The highest BCUT2D eigenvalue weighted by Gasteiger charge is 2.26. The van der Waals surface area contributed by atoms with Crippen molar-refractivity contribution in [1.82, 2.24) is 9.97 Å². The molecular weight excluding hydrogens is 300 g/mol. The Kier molecular flexibility index (Phi) is 4.53. The number of nitrogens with zero attached hydrogens (tertiary/aromatic N) is 3. The maximum Gasteiger partial charge on any atom is 0.343 e. The minimum atomic E-state index is -0.400. The van der Waals surface area contributed by atoms with Gasteiger partial charge in [0.05, 0.1) is 4.92 Å². The Labute approximate surface area is 132 Å². The summed E-state index contributed by atoms with van der Waals surface area (Å²) in [5, 5.41) is 15.1. The molecular formula is C15H16N4O2S. The molecule has 0 aliphatic heterocycles. The third-order valence-corrected chi connectivity index (χ3v) is 4.62. The molecule has 0 atom stereocenters. The largest absolute Gasteiger partial charge is 0.361 e. The van der Waals surface area contributed by atoms with E-state index in [1.807, 2.05) is 30.3 Å². The second-order valence-corrected chi connectivity index (χ2v) is 6.24. The molecule has 1 fully saturated rings. The van der Waals surface area contributed by atoms with Gasteiger partial charge in [-0.3, -0.25) is 10.1 Å². The van der Waals surface area contributed by atoms with Gasteiger partial charge < -0.3 is 5.32 Å². The Balaban J connectivity index is 1.90. The molecule has 1 aliphatic carbocycles. The number of rotatable bonds is 5. The highest BCUT2D eigenvalue weighted by atomic mass is 32.2. The van der Waals surface area contributed by atoms with Crippen LogP contribution in [0.2, 0.25) is 0 Å². The molecule has 7 heteroatoms. The lowest BCUT2D eigenvalue weighted by atomic mass is 10.2. The molecule has 0 unspecified atom stereocenters. The van der Waals surface area contributed by atoms with E-state index in [1.165, 1.54) is 18.1 Å². The van der Waals surface area contributed by atoms with Gasteiger partial charge in [-0.1, -0.05) is 42.8 Å². The van der Waals surface area contributed by atoms with Crippen LogP contribution in [0.25, 0.3) is 0 Å². The van der Waals surface area contributed by atoms with Crippen molar-refractivity contribution in [3.05, 3.63) is 46.8 Å². The van der Waals surface area contributed by atoms with Gasteiger partial charge in [0, 0.05) is 10.9 Å². The zero-order valence-electron chi connectivity index (χ0n) is 11.9. The van der Waals surface area contributed by atoms with Crippen molar-refractivity contribution in [3.63, 3.8) is 0 Å². The average molecular weight is 316 g/mol. The van der Waals surface area contributed by atoms with Crippen molar-refractivity contribution in [2.24, 2.45) is 0 Å². The molecule has 6 nitrogen and oxygen atoms in total. The Morgan fingerprint density at radius 2 is 1.91 bits per heavy atom. The Morgan fingerprint density at radius 3 is 2.59 bits per heavy atom. The molecule has 1 aromatic carbocycles. The standard InChI is InChI=1S/C15H16N4O2S/c20-19(21)13-14(18-11-6-4-5-7-11)16-10-17-15(13)22-12-8-2-1-3-9-12/h1-3,8-11H,4-7H2,(H,16,17,18). The van der Waals surface area contributed by atoms with Crippen molar-refractivity contribution < 1.29 is 4.92 Å². The minimum Gasteiger partial charge on any atom is -0.361 e. The Hall–Kier alpha value is -2.15. The summed E-state index contributed by atoms with van der Waals surface area (Å²) >= 11 is 1.28. The lowest BCUT2D eigenvalue weighted by Crippen LogP contribution is -2.17. The molecule has 1 saturated carbocycles. The van der Waals surface area contributed by atoms with Crippen LogP contribution in [0.3, 0.4) is 0 Å². The molecule has 2 aromatic rings. The summed E-state index contributed by atoms with van der Waals surface area (Å²) in [4.78, 5) is 20.2. The van der Waals surface area contributed by atoms with E-state index in [-0.39, 0.29) is 11.7 Å². The van der Waals surface area contributed by atoms with E-state index >= 15 is 0 Å². The van der Waals surface area contributed by atoms with E-state index in [0.717, 1.165) is 30.6 Å². The molecule has 0 radical (unpaired) electrons. The molecule has 3 rings (SSSR count). The van der Waals surface area contributed by atoms with Crippen LogP contribution in [0.15, 0.2) is 46.6 Å². The normalized spacial score (nSPS) is 14.9. The second-order valence-electron chi connectivity index (χ2n) is 5.17. The average Bonchev–Trinajstić information content (AvgIpc) is 3.01. The third kappa shape index (κ3) is 3.36. The van der Waals surface area contributed by atoms with Crippen LogP contribution < -0.4 is 5.32 Å². The number of hydrogen-bond donors (Lipinski definition) is 1. The van der Waals surface area contributed by atoms with Gasteiger partial charge in [-0.15, -0.1) is 0 Å². The smallest absolute Gasteiger partial charge is 0.343 e. The molecule has 1 heterocycles. The SMILES string of the molecule is O=[N+]([O-])c1c(NC2CCCC2)ncnc1Sc1ccccc1. The zero-order chi connectivity index (χ0) is 15.4. The number of nitrogens with one attached hydrogen (secondary N) is 1. The van der Waals surface area contributed by atoms with E-state index in [2.05, 4.69) is 15.3 Å². The van der Waals surface area contributed by atoms with E-state index in [1.54, 1.807) is 0 Å². The Bertz CT molecular complexity index is 660. The fourth-order valence-electron chi connectivity index (χ4n) is 2.57. The van der Waals surface area contributed by atoms with Gasteiger partial charge in [0.1, 0.15) is 6.33 Å². The molecule has 0 amide bonds. The summed E-state index contributed by atoms with van der Waals surface area (Å²) in [6.45, 7) is 0. The first-order chi connectivity index (χ1) is 10.7. The van der Waals surface area contributed by atoms with Gasteiger partial charge in [0.25, 0.3) is 0 Å². The summed E-state index contributed by atoms with van der Waals surface area (Å²) in [5.41, 5.74) is -0.0387. The molecule has 1 aromatic heterocycles. The van der Waals surface area contributed by atoms with Crippen LogP contribution in [0, 0.1) is 10.1 Å². The molecule has 1 N–H and O–H groups in total. The molecule has 0 bridgehead atoms. The van der Waals surface area contributed by atoms with Gasteiger partial charge in [-0.2, -0.15) is 0 Å². The van der Waals surface area contributed by atoms with E-state index < -0.39 is 4.92 Å². The van der Waals surface area contributed by atoms with Crippen LogP contribution in [-0.4, -0.2) is 20.9 Å². The first-order valence-corrected chi connectivity index (χ1v) is 8.04. The van der Waals surface area contributed by atoms with E-state index in [0.29, 0.717) is 10.8 Å². The number of aromatic nitrogens is 2. The fraction of sp³-hybridized carbons (Fsp3) is 0.333. The topological polar surface area (TPSA) is 81.0 Å². The Morgan fingerprint density at radius 1 is 1.18 bits per heavy atom. The van der Waals surface area contributed by atoms with Crippen LogP contribution in [-0.2, 0) is 0 Å². The minimum absolute atomic E-state index is 0.0387. The maximum atomic E-state index is 11.5. The van der Waals surface area contributed by atoms with Gasteiger partial charge in [-0.25, -0.2) is 9.97 Å². The first-order valence-electron chi connectivity index (χ1n) is 7.23. The summed E-state index contributed by atoms with van der Waals surface area (Å²) in [6.07, 6.45) is 5.75. The maximum absolute atomic E-state index is 11.5. The van der Waals surface area contributed by atoms with Crippen molar-refractivity contribution >= 4 is 23.3 Å². The van der Waals surface area contributed by atoms with Crippen molar-refractivity contribution in [2.75, 3.05) is 5.32 Å². The van der Waals surface area contributed by atoms with E-state index in [4.69, 9.17) is 0 Å². The monoisotopic (exact) mass is 316 g/mol. The van der Waals surface area contributed by atoms with Gasteiger partial charge >= 0.3 is 5.69 Å². The lowest BCUT2D eigenvalue weighted by molar-refractivity contribution is -0.387. The van der Waals surface area contributed by atoms with E-state index in [9.17, 15) is 10.1 Å². The van der Waals surface area contributed by atoms with Crippen molar-refractivity contribution in [2.45, 2.75) is 41.6 Å². The van der Waals surface area contributed by atoms with Gasteiger partial charge in [0.2, 0.25) is 5.82 Å². The molecule has 0 saturated heterocycles. The van der Waals surface area contributed by atoms with Crippen LogP contribution in [0.4, 0.5) is 11.5 Å². The number of nitro groups is 1. The lowest BCUT2D eigenvalue weighted by Gasteiger charge is -2.13. The highest BCUT2D eigenvalue weighted by Crippen LogP contribution is 2.37. The van der Waals surface area contributed by atoms with Crippen molar-refractivity contribution in [3.8, 4) is 0 Å². The molecule has 1 aliphatic rings. The van der Waals surface area contributed by atoms with Crippen molar-refractivity contribution in [1.29, 1.82) is 0 Å². The van der Waals surface area contributed by atoms with Gasteiger partial charge in [-0.05, 0) is 25.0 Å².